The second-order valence-electron chi connectivity index (χ2n) is 9.50. The van der Waals surface area contributed by atoms with E-state index >= 15 is 0 Å². The van der Waals surface area contributed by atoms with E-state index in [1.54, 1.807) is 42.5 Å². The Morgan fingerprint density at radius 3 is 2.00 bits per heavy atom. The van der Waals surface area contributed by atoms with Gasteiger partial charge in [-0.2, -0.15) is 0 Å². The van der Waals surface area contributed by atoms with Crippen LogP contribution in [-0.4, -0.2) is 50.4 Å². The number of rotatable bonds is 14. The van der Waals surface area contributed by atoms with Crippen LogP contribution < -0.4 is 14.4 Å². The molecule has 0 saturated heterocycles. The SMILES string of the molecule is CCOc1ccc(S(=O)(=O)N(CC(=O)N(Cc2ccccc2)[C@@H](CC)C(=O)N[C@@H](C)CC)c2ccccc2)cc1. The van der Waals surface area contributed by atoms with Gasteiger partial charge in [0.25, 0.3) is 10.0 Å². The summed E-state index contributed by atoms with van der Waals surface area (Å²) < 4.78 is 34.4. The number of hydrogen-bond donors (Lipinski definition) is 1. The minimum absolute atomic E-state index is 0.0313. The molecular formula is C31H39N3O5S. The highest BCUT2D eigenvalue weighted by atomic mass is 32.2. The molecule has 1 N–H and O–H groups in total. The van der Waals surface area contributed by atoms with Gasteiger partial charge in [0.05, 0.1) is 17.2 Å². The maximum atomic E-state index is 14.0. The lowest BCUT2D eigenvalue weighted by atomic mass is 10.1. The molecule has 0 aliphatic rings. The third-order valence-electron chi connectivity index (χ3n) is 6.63. The number of sulfonamides is 1. The van der Waals surface area contributed by atoms with Gasteiger partial charge in [0.2, 0.25) is 11.8 Å². The van der Waals surface area contributed by atoms with E-state index in [9.17, 15) is 18.0 Å². The molecule has 0 bridgehead atoms. The molecule has 0 saturated carbocycles. The molecule has 0 unspecified atom stereocenters. The Kier molecular flexibility index (Phi) is 11.1. The molecule has 0 spiro atoms. The van der Waals surface area contributed by atoms with Crippen molar-refractivity contribution < 1.29 is 22.7 Å². The van der Waals surface area contributed by atoms with E-state index in [0.29, 0.717) is 24.5 Å². The molecule has 3 aromatic rings. The largest absolute Gasteiger partial charge is 0.494 e. The predicted octanol–water partition coefficient (Wildman–Crippen LogP) is 5.00. The molecule has 0 aliphatic carbocycles. The van der Waals surface area contributed by atoms with Crippen LogP contribution in [0.4, 0.5) is 5.69 Å². The molecule has 0 aliphatic heterocycles. The first kappa shape index (κ1) is 30.7. The Morgan fingerprint density at radius 2 is 1.45 bits per heavy atom. The number of ether oxygens (including phenoxy) is 1. The maximum absolute atomic E-state index is 14.0. The first-order valence-electron chi connectivity index (χ1n) is 13.7. The molecule has 3 rings (SSSR count). The van der Waals surface area contributed by atoms with Crippen LogP contribution >= 0.6 is 0 Å². The zero-order chi connectivity index (χ0) is 29.1. The number of hydrogen-bond acceptors (Lipinski definition) is 5. The minimum Gasteiger partial charge on any atom is -0.494 e. The molecule has 9 heteroatoms. The van der Waals surface area contributed by atoms with Gasteiger partial charge in [-0.25, -0.2) is 8.42 Å². The van der Waals surface area contributed by atoms with Crippen molar-refractivity contribution in [2.45, 2.75) is 64.1 Å². The number of benzene rings is 3. The van der Waals surface area contributed by atoms with Crippen molar-refractivity contribution in [1.82, 2.24) is 10.2 Å². The smallest absolute Gasteiger partial charge is 0.264 e. The van der Waals surface area contributed by atoms with Crippen LogP contribution in [0.3, 0.4) is 0 Å². The number of para-hydroxylation sites is 1. The van der Waals surface area contributed by atoms with E-state index in [1.807, 2.05) is 58.0 Å². The molecule has 214 valence electrons. The van der Waals surface area contributed by atoms with E-state index in [2.05, 4.69) is 5.32 Å². The summed E-state index contributed by atoms with van der Waals surface area (Å²) >= 11 is 0. The van der Waals surface area contributed by atoms with Gasteiger partial charge in [0.1, 0.15) is 18.3 Å². The van der Waals surface area contributed by atoms with E-state index in [0.717, 1.165) is 16.3 Å². The van der Waals surface area contributed by atoms with E-state index < -0.39 is 28.5 Å². The van der Waals surface area contributed by atoms with Crippen LogP contribution in [0.2, 0.25) is 0 Å². The fourth-order valence-electron chi connectivity index (χ4n) is 4.27. The van der Waals surface area contributed by atoms with Gasteiger partial charge in [0, 0.05) is 12.6 Å². The Balaban J connectivity index is 2.01. The standard InChI is InChI=1S/C31H39N3O5S/c1-5-24(4)32-31(36)29(6-2)33(22-25-14-10-8-11-15-25)30(35)23-34(26-16-12-9-13-17-26)40(37,38)28-20-18-27(19-21-28)39-7-3/h8-21,24,29H,5-7,22-23H2,1-4H3,(H,32,36)/t24-,29-/m0/s1. The van der Waals surface area contributed by atoms with Gasteiger partial charge in [-0.05, 0) is 68.7 Å². The Bertz CT molecular complexity index is 1330. The highest BCUT2D eigenvalue weighted by Gasteiger charge is 2.33. The molecule has 2 amide bonds. The molecule has 0 fully saturated rings. The molecule has 3 aromatic carbocycles. The van der Waals surface area contributed by atoms with Gasteiger partial charge >= 0.3 is 0 Å². The van der Waals surface area contributed by atoms with Gasteiger partial charge in [-0.3, -0.25) is 13.9 Å². The zero-order valence-electron chi connectivity index (χ0n) is 23.6. The third-order valence-corrected chi connectivity index (χ3v) is 8.42. The summed E-state index contributed by atoms with van der Waals surface area (Å²) in [5, 5.41) is 2.98. The summed E-state index contributed by atoms with van der Waals surface area (Å²) in [6.07, 6.45) is 1.12. The third kappa shape index (κ3) is 7.85. The first-order chi connectivity index (χ1) is 19.2. The van der Waals surface area contributed by atoms with Crippen molar-refractivity contribution in [2.75, 3.05) is 17.5 Å². The molecule has 8 nitrogen and oxygen atoms in total. The summed E-state index contributed by atoms with van der Waals surface area (Å²) in [4.78, 5) is 28.8. The number of nitrogens with zero attached hydrogens (tertiary/aromatic N) is 2. The Hall–Kier alpha value is -3.85. The zero-order valence-corrected chi connectivity index (χ0v) is 24.4. The van der Waals surface area contributed by atoms with Crippen LogP contribution in [0.15, 0.2) is 89.8 Å². The molecular weight excluding hydrogens is 526 g/mol. The fourth-order valence-corrected chi connectivity index (χ4v) is 5.68. The fraction of sp³-hybridized carbons (Fsp3) is 0.355. The molecule has 40 heavy (non-hydrogen) atoms. The summed E-state index contributed by atoms with van der Waals surface area (Å²) in [5.74, 6) is -0.189. The summed E-state index contributed by atoms with van der Waals surface area (Å²) in [5.41, 5.74) is 1.19. The van der Waals surface area contributed by atoms with Crippen molar-refractivity contribution in [3.8, 4) is 5.75 Å². The van der Waals surface area contributed by atoms with Crippen molar-refractivity contribution in [2.24, 2.45) is 0 Å². The summed E-state index contributed by atoms with van der Waals surface area (Å²) in [7, 11) is -4.13. The van der Waals surface area contributed by atoms with E-state index in [1.165, 1.54) is 17.0 Å². The van der Waals surface area contributed by atoms with Crippen molar-refractivity contribution in [3.05, 3.63) is 90.5 Å². The van der Waals surface area contributed by atoms with Crippen LogP contribution in [0.1, 0.15) is 46.1 Å². The quantitative estimate of drug-likeness (QED) is 0.297. The van der Waals surface area contributed by atoms with Gasteiger partial charge in [-0.1, -0.05) is 62.4 Å². The number of carbonyl (C=O) groups excluding carboxylic acids is 2. The Morgan fingerprint density at radius 1 is 0.850 bits per heavy atom. The number of amides is 2. The molecule has 2 atom stereocenters. The van der Waals surface area contributed by atoms with Gasteiger partial charge < -0.3 is 15.0 Å². The van der Waals surface area contributed by atoms with Crippen molar-refractivity contribution in [1.29, 1.82) is 0 Å². The number of nitrogens with one attached hydrogen (secondary N) is 1. The van der Waals surface area contributed by atoms with Gasteiger partial charge in [-0.15, -0.1) is 0 Å². The molecule has 0 radical (unpaired) electrons. The predicted molar refractivity (Wildman–Crippen MR) is 158 cm³/mol. The molecule has 0 aromatic heterocycles. The van der Waals surface area contributed by atoms with E-state index in [-0.39, 0.29) is 23.4 Å². The second-order valence-corrected chi connectivity index (χ2v) is 11.4. The normalized spacial score (nSPS) is 12.7. The lowest BCUT2D eigenvalue weighted by Crippen LogP contribution is -2.53. The second kappa shape index (κ2) is 14.5. The lowest BCUT2D eigenvalue weighted by Gasteiger charge is -2.33. The highest BCUT2D eigenvalue weighted by molar-refractivity contribution is 7.92. The van der Waals surface area contributed by atoms with Crippen molar-refractivity contribution in [3.63, 3.8) is 0 Å². The highest BCUT2D eigenvalue weighted by Crippen LogP contribution is 2.26. The van der Waals surface area contributed by atoms with Crippen LogP contribution in [0.25, 0.3) is 0 Å². The van der Waals surface area contributed by atoms with E-state index in [4.69, 9.17) is 4.74 Å². The monoisotopic (exact) mass is 565 g/mol. The Labute approximate surface area is 238 Å². The van der Waals surface area contributed by atoms with Crippen LogP contribution in [0.5, 0.6) is 5.75 Å². The average molecular weight is 566 g/mol. The number of carbonyl (C=O) groups is 2. The lowest BCUT2D eigenvalue weighted by molar-refractivity contribution is -0.140. The topological polar surface area (TPSA) is 96.0 Å². The maximum Gasteiger partial charge on any atom is 0.264 e. The molecule has 0 heterocycles. The first-order valence-corrected chi connectivity index (χ1v) is 15.1. The van der Waals surface area contributed by atoms with Gasteiger partial charge in [0.15, 0.2) is 0 Å². The summed E-state index contributed by atoms with van der Waals surface area (Å²) in [6, 6.07) is 23.2. The average Bonchev–Trinajstić information content (AvgIpc) is 2.97. The number of anilines is 1. The van der Waals surface area contributed by atoms with Crippen molar-refractivity contribution >= 4 is 27.5 Å². The summed E-state index contributed by atoms with van der Waals surface area (Å²) in [6.45, 7) is 7.73. The van der Waals surface area contributed by atoms with Crippen LogP contribution in [0, 0.1) is 0 Å². The minimum atomic E-state index is -4.13. The van der Waals surface area contributed by atoms with Crippen LogP contribution in [-0.2, 0) is 26.2 Å².